The standard InChI is InChI=1S/C15H20BrN5O2/c1-9(23-2)15(22)19-11-8-21(16)14-13(11)12(3-5-18-14)20-6-4-10(17)7-20/h3,5,8-10H,4,6-7,17H2,1-2H3,(H,19,22)/t9?,10-/m1/s1. The van der Waals surface area contributed by atoms with Crippen LogP contribution in [0, 0.1) is 0 Å². The van der Waals surface area contributed by atoms with E-state index in [1.807, 2.05) is 6.07 Å². The summed E-state index contributed by atoms with van der Waals surface area (Å²) in [6.07, 6.45) is 4.01. The molecular formula is C15H20BrN5O2. The highest BCUT2D eigenvalue weighted by molar-refractivity contribution is 9.08. The Hall–Kier alpha value is -1.64. The average Bonchev–Trinajstić information content (AvgIpc) is 3.11. The van der Waals surface area contributed by atoms with Crippen molar-refractivity contribution in [1.82, 2.24) is 8.58 Å². The summed E-state index contributed by atoms with van der Waals surface area (Å²) < 4.78 is 6.81. The second-order valence-corrected chi connectivity index (χ2v) is 6.51. The molecule has 0 saturated carbocycles. The number of rotatable bonds is 4. The molecule has 1 aliphatic heterocycles. The van der Waals surface area contributed by atoms with Crippen molar-refractivity contribution in [2.75, 3.05) is 30.4 Å². The predicted octanol–water partition coefficient (Wildman–Crippen LogP) is 1.71. The number of hydrogen-bond acceptors (Lipinski definition) is 5. The Labute approximate surface area is 143 Å². The van der Waals surface area contributed by atoms with Crippen LogP contribution in [0.4, 0.5) is 11.4 Å². The molecule has 0 bridgehead atoms. The van der Waals surface area contributed by atoms with E-state index in [0.717, 1.165) is 36.2 Å². The Kier molecular flexibility index (Phi) is 4.56. The van der Waals surface area contributed by atoms with Crippen LogP contribution in [-0.2, 0) is 9.53 Å². The molecule has 124 valence electrons. The van der Waals surface area contributed by atoms with E-state index in [2.05, 4.69) is 31.3 Å². The minimum atomic E-state index is -0.524. The lowest BCUT2D eigenvalue weighted by Crippen LogP contribution is -2.27. The first-order valence-electron chi connectivity index (χ1n) is 7.51. The number of fused-ring (bicyclic) bond motifs is 1. The van der Waals surface area contributed by atoms with Crippen molar-refractivity contribution in [3.63, 3.8) is 0 Å². The monoisotopic (exact) mass is 381 g/mol. The van der Waals surface area contributed by atoms with E-state index < -0.39 is 6.10 Å². The van der Waals surface area contributed by atoms with E-state index in [1.165, 1.54) is 7.11 Å². The lowest BCUT2D eigenvalue weighted by atomic mass is 10.2. The van der Waals surface area contributed by atoms with Crippen LogP contribution in [-0.4, -0.2) is 46.8 Å². The maximum absolute atomic E-state index is 12.2. The maximum atomic E-state index is 12.2. The number of halogens is 1. The van der Waals surface area contributed by atoms with Crippen molar-refractivity contribution in [1.29, 1.82) is 0 Å². The molecule has 0 aromatic carbocycles. The van der Waals surface area contributed by atoms with Gasteiger partial charge in [0.2, 0.25) is 0 Å². The van der Waals surface area contributed by atoms with E-state index in [1.54, 1.807) is 22.9 Å². The molecule has 2 aromatic heterocycles. The molecule has 7 nitrogen and oxygen atoms in total. The van der Waals surface area contributed by atoms with Gasteiger partial charge < -0.3 is 20.7 Å². The number of anilines is 2. The van der Waals surface area contributed by atoms with E-state index in [-0.39, 0.29) is 11.9 Å². The number of methoxy groups -OCH3 is 1. The molecule has 3 heterocycles. The van der Waals surface area contributed by atoms with Crippen LogP contribution < -0.4 is 16.0 Å². The second kappa shape index (κ2) is 6.46. The molecule has 1 aliphatic rings. The SMILES string of the molecule is COC(C)C(=O)Nc1cn(Br)c2nccc(N3CC[C@@H](N)C3)c12. The van der Waals surface area contributed by atoms with Crippen LogP contribution in [0.3, 0.4) is 0 Å². The molecule has 1 unspecified atom stereocenters. The van der Waals surface area contributed by atoms with Gasteiger partial charge in [-0.15, -0.1) is 0 Å². The van der Waals surface area contributed by atoms with Crippen LogP contribution in [0.1, 0.15) is 13.3 Å². The van der Waals surface area contributed by atoms with Gasteiger partial charge in [0, 0.05) is 38.6 Å². The zero-order valence-electron chi connectivity index (χ0n) is 13.1. The number of nitrogens with one attached hydrogen (secondary N) is 1. The molecule has 0 aliphatic carbocycles. The summed E-state index contributed by atoms with van der Waals surface area (Å²) >= 11 is 3.44. The fourth-order valence-corrected chi connectivity index (χ4v) is 3.28. The molecule has 8 heteroatoms. The van der Waals surface area contributed by atoms with Crippen molar-refractivity contribution < 1.29 is 9.53 Å². The Morgan fingerprint density at radius 1 is 1.61 bits per heavy atom. The maximum Gasteiger partial charge on any atom is 0.253 e. The van der Waals surface area contributed by atoms with Crippen molar-refractivity contribution in [2.24, 2.45) is 5.73 Å². The van der Waals surface area contributed by atoms with Crippen LogP contribution in [0.2, 0.25) is 0 Å². The number of pyridine rings is 1. The van der Waals surface area contributed by atoms with Gasteiger partial charge in [-0.2, -0.15) is 0 Å². The molecule has 1 fully saturated rings. The Bertz CT molecular complexity index is 732. The van der Waals surface area contributed by atoms with Gasteiger partial charge in [0.05, 0.1) is 32.9 Å². The van der Waals surface area contributed by atoms with Crippen molar-refractivity contribution in [3.05, 3.63) is 18.5 Å². The molecule has 2 aromatic rings. The molecule has 0 radical (unpaired) electrons. The second-order valence-electron chi connectivity index (χ2n) is 5.74. The van der Waals surface area contributed by atoms with Crippen LogP contribution in [0.25, 0.3) is 11.0 Å². The van der Waals surface area contributed by atoms with E-state index in [0.29, 0.717) is 5.69 Å². The molecule has 1 amide bonds. The topological polar surface area (TPSA) is 85.4 Å². The zero-order chi connectivity index (χ0) is 16.6. The first-order chi connectivity index (χ1) is 11.0. The van der Waals surface area contributed by atoms with E-state index in [4.69, 9.17) is 10.5 Å². The number of hydrogen-bond donors (Lipinski definition) is 2. The predicted molar refractivity (Wildman–Crippen MR) is 94.0 cm³/mol. The number of carbonyl (C=O) groups is 1. The van der Waals surface area contributed by atoms with Crippen LogP contribution in [0.5, 0.6) is 0 Å². The molecule has 1 saturated heterocycles. The number of aromatic nitrogens is 2. The summed E-state index contributed by atoms with van der Waals surface area (Å²) in [7, 11) is 1.51. The van der Waals surface area contributed by atoms with Crippen LogP contribution in [0.15, 0.2) is 18.5 Å². The summed E-state index contributed by atoms with van der Waals surface area (Å²) in [5.41, 5.74) is 8.52. The fourth-order valence-electron chi connectivity index (χ4n) is 2.81. The average molecular weight is 382 g/mol. The first kappa shape index (κ1) is 16.2. The van der Waals surface area contributed by atoms with Gasteiger partial charge in [-0.1, -0.05) is 0 Å². The molecule has 3 N–H and O–H groups in total. The molecule has 0 spiro atoms. The summed E-state index contributed by atoms with van der Waals surface area (Å²) in [6, 6.07) is 2.14. The van der Waals surface area contributed by atoms with E-state index >= 15 is 0 Å². The van der Waals surface area contributed by atoms with E-state index in [9.17, 15) is 4.79 Å². The van der Waals surface area contributed by atoms with Gasteiger partial charge >= 0.3 is 0 Å². The smallest absolute Gasteiger partial charge is 0.253 e. The summed E-state index contributed by atoms with van der Waals surface area (Å²) in [4.78, 5) is 18.8. The zero-order valence-corrected chi connectivity index (χ0v) is 14.7. The van der Waals surface area contributed by atoms with Gasteiger partial charge in [-0.25, -0.2) is 4.98 Å². The number of amides is 1. The minimum Gasteiger partial charge on any atom is -0.372 e. The first-order valence-corrected chi connectivity index (χ1v) is 8.22. The van der Waals surface area contributed by atoms with Crippen molar-refractivity contribution in [3.8, 4) is 0 Å². The molecule has 23 heavy (non-hydrogen) atoms. The van der Waals surface area contributed by atoms with Gasteiger partial charge in [0.1, 0.15) is 6.10 Å². The van der Waals surface area contributed by atoms with Crippen LogP contribution >= 0.6 is 16.1 Å². The molecule has 2 atom stereocenters. The minimum absolute atomic E-state index is 0.177. The lowest BCUT2D eigenvalue weighted by Gasteiger charge is -2.20. The highest BCUT2D eigenvalue weighted by Crippen LogP contribution is 2.35. The van der Waals surface area contributed by atoms with Crippen molar-refractivity contribution >= 4 is 44.5 Å². The quantitative estimate of drug-likeness (QED) is 0.841. The lowest BCUT2D eigenvalue weighted by molar-refractivity contribution is -0.124. The van der Waals surface area contributed by atoms with Gasteiger partial charge in [0.25, 0.3) is 5.91 Å². The Balaban J connectivity index is 2.03. The number of ether oxygens (including phenoxy) is 1. The molecular weight excluding hydrogens is 362 g/mol. The van der Waals surface area contributed by atoms with Gasteiger partial charge in [-0.3, -0.25) is 8.39 Å². The highest BCUT2D eigenvalue weighted by atomic mass is 79.9. The number of nitrogens with zero attached hydrogens (tertiary/aromatic N) is 3. The normalized spacial score (nSPS) is 19.3. The summed E-state index contributed by atoms with van der Waals surface area (Å²) in [6.45, 7) is 3.41. The van der Waals surface area contributed by atoms with Gasteiger partial charge in [-0.05, 0) is 19.4 Å². The fraction of sp³-hybridized carbons (Fsp3) is 0.467. The summed E-state index contributed by atoms with van der Waals surface area (Å²) in [5, 5.41) is 3.82. The third kappa shape index (κ3) is 3.06. The highest BCUT2D eigenvalue weighted by Gasteiger charge is 2.24. The van der Waals surface area contributed by atoms with Crippen molar-refractivity contribution in [2.45, 2.75) is 25.5 Å². The molecule has 3 rings (SSSR count). The largest absolute Gasteiger partial charge is 0.372 e. The third-order valence-electron chi connectivity index (χ3n) is 4.17. The summed E-state index contributed by atoms with van der Waals surface area (Å²) in [5.74, 6) is -0.194. The number of carbonyl (C=O) groups excluding carboxylic acids is 1. The number of nitrogens with two attached hydrogens (primary N) is 1. The Morgan fingerprint density at radius 2 is 2.39 bits per heavy atom. The third-order valence-corrected chi connectivity index (χ3v) is 4.71. The van der Waals surface area contributed by atoms with Gasteiger partial charge in [0.15, 0.2) is 5.65 Å². The Morgan fingerprint density at radius 3 is 3.04 bits per heavy atom.